The van der Waals surface area contributed by atoms with E-state index >= 15 is 0 Å². The summed E-state index contributed by atoms with van der Waals surface area (Å²) in [6.07, 6.45) is 3.55. The zero-order valence-corrected chi connectivity index (χ0v) is 11.8. The highest BCUT2D eigenvalue weighted by atomic mass is 16.1. The maximum Gasteiger partial charge on any atom is 0.244 e. The van der Waals surface area contributed by atoms with Gasteiger partial charge < -0.3 is 5.32 Å². The smallest absolute Gasteiger partial charge is 0.244 e. The van der Waals surface area contributed by atoms with Gasteiger partial charge in [0.05, 0.1) is 0 Å². The fourth-order valence-corrected chi connectivity index (χ4v) is 1.80. The summed E-state index contributed by atoms with van der Waals surface area (Å²) in [7, 11) is 0. The van der Waals surface area contributed by atoms with E-state index in [1.807, 2.05) is 32.0 Å². The Morgan fingerprint density at radius 2 is 1.83 bits per heavy atom. The molecule has 0 aliphatic carbocycles. The Labute approximate surface area is 110 Å². The maximum absolute atomic E-state index is 11.7. The number of carbonyl (C=O) groups is 1. The molecule has 18 heavy (non-hydrogen) atoms. The summed E-state index contributed by atoms with van der Waals surface area (Å²) in [5, 5.41) is 3.04. The normalized spacial score (nSPS) is 10.9. The molecule has 2 heteroatoms. The third-order valence-electron chi connectivity index (χ3n) is 2.76. The van der Waals surface area contributed by atoms with Crippen LogP contribution in [0, 0.1) is 0 Å². The lowest BCUT2D eigenvalue weighted by molar-refractivity contribution is -0.118. The van der Waals surface area contributed by atoms with Crippen LogP contribution in [0.1, 0.15) is 39.7 Å². The first-order chi connectivity index (χ1) is 8.39. The van der Waals surface area contributed by atoms with Crippen LogP contribution < -0.4 is 5.32 Å². The van der Waals surface area contributed by atoms with Gasteiger partial charge in [0.2, 0.25) is 5.91 Å². The van der Waals surface area contributed by atoms with E-state index in [1.165, 1.54) is 5.56 Å². The van der Waals surface area contributed by atoms with Crippen LogP contribution in [0.15, 0.2) is 42.0 Å². The summed E-state index contributed by atoms with van der Waals surface area (Å²) < 4.78 is 0. The number of nitrogens with one attached hydrogen (secondary N) is 1. The highest BCUT2D eigenvalue weighted by Crippen LogP contribution is 2.13. The minimum Gasteiger partial charge on any atom is -0.348 e. The monoisotopic (exact) mass is 245 g/mol. The number of aryl methyl sites for hydroxylation is 1. The van der Waals surface area contributed by atoms with E-state index in [-0.39, 0.29) is 11.4 Å². The van der Waals surface area contributed by atoms with Crippen LogP contribution in [0.4, 0.5) is 0 Å². The standard InChI is InChI=1S/C16H23NO/c1-13(2)12-15(18)17-16(3,4)11-10-14-8-6-5-7-9-14/h5-9,12H,10-11H2,1-4H3,(H,17,18). The Balaban J connectivity index is 2.50. The van der Waals surface area contributed by atoms with Crippen LogP contribution in [-0.2, 0) is 11.2 Å². The average Bonchev–Trinajstić information content (AvgIpc) is 2.26. The first kappa shape index (κ1) is 14.5. The second-order valence-corrected chi connectivity index (χ2v) is 5.58. The molecular formula is C16H23NO. The fourth-order valence-electron chi connectivity index (χ4n) is 1.80. The van der Waals surface area contributed by atoms with Gasteiger partial charge in [0.15, 0.2) is 0 Å². The predicted molar refractivity (Wildman–Crippen MR) is 76.4 cm³/mol. The highest BCUT2D eigenvalue weighted by Gasteiger charge is 2.18. The minimum absolute atomic E-state index is 0.00642. The van der Waals surface area contributed by atoms with E-state index in [0.29, 0.717) is 0 Å². The Morgan fingerprint density at radius 3 is 2.39 bits per heavy atom. The van der Waals surface area contributed by atoms with Crippen molar-refractivity contribution >= 4 is 5.91 Å². The van der Waals surface area contributed by atoms with Gasteiger partial charge in [0, 0.05) is 11.6 Å². The van der Waals surface area contributed by atoms with Crippen LogP contribution >= 0.6 is 0 Å². The van der Waals surface area contributed by atoms with E-state index in [0.717, 1.165) is 18.4 Å². The second kappa shape index (κ2) is 6.39. The lowest BCUT2D eigenvalue weighted by Crippen LogP contribution is -2.43. The molecule has 0 fully saturated rings. The lowest BCUT2D eigenvalue weighted by atomic mass is 9.95. The van der Waals surface area contributed by atoms with Crippen molar-refractivity contribution in [1.82, 2.24) is 5.32 Å². The van der Waals surface area contributed by atoms with Crippen LogP contribution in [0.3, 0.4) is 0 Å². The molecule has 0 aromatic heterocycles. The number of hydrogen-bond acceptors (Lipinski definition) is 1. The lowest BCUT2D eigenvalue weighted by Gasteiger charge is -2.25. The topological polar surface area (TPSA) is 29.1 Å². The van der Waals surface area contributed by atoms with Gasteiger partial charge in [-0.05, 0) is 46.1 Å². The molecule has 98 valence electrons. The Hall–Kier alpha value is -1.57. The zero-order chi connectivity index (χ0) is 13.6. The van der Waals surface area contributed by atoms with Gasteiger partial charge in [-0.25, -0.2) is 0 Å². The first-order valence-electron chi connectivity index (χ1n) is 6.40. The predicted octanol–water partition coefficient (Wildman–Crippen LogP) is 3.48. The zero-order valence-electron chi connectivity index (χ0n) is 11.8. The molecule has 0 heterocycles. The summed E-state index contributed by atoms with van der Waals surface area (Å²) in [4.78, 5) is 11.7. The molecule has 2 nitrogen and oxygen atoms in total. The molecule has 1 aromatic rings. The van der Waals surface area contributed by atoms with Crippen molar-refractivity contribution in [2.75, 3.05) is 0 Å². The van der Waals surface area contributed by atoms with Crippen LogP contribution in [-0.4, -0.2) is 11.4 Å². The fraction of sp³-hybridized carbons (Fsp3) is 0.438. The molecule has 0 spiro atoms. The summed E-state index contributed by atoms with van der Waals surface area (Å²) in [6.45, 7) is 7.98. The molecular weight excluding hydrogens is 222 g/mol. The van der Waals surface area contributed by atoms with Gasteiger partial charge in [-0.2, -0.15) is 0 Å². The second-order valence-electron chi connectivity index (χ2n) is 5.58. The van der Waals surface area contributed by atoms with E-state index in [1.54, 1.807) is 6.08 Å². The molecule has 1 aromatic carbocycles. The van der Waals surface area contributed by atoms with Crippen LogP contribution in [0.2, 0.25) is 0 Å². The summed E-state index contributed by atoms with van der Waals surface area (Å²) in [5.74, 6) is -0.00642. The van der Waals surface area contributed by atoms with Crippen molar-refractivity contribution in [1.29, 1.82) is 0 Å². The van der Waals surface area contributed by atoms with Crippen molar-refractivity contribution < 1.29 is 4.79 Å². The Bertz CT molecular complexity index is 414. The number of hydrogen-bond donors (Lipinski definition) is 1. The van der Waals surface area contributed by atoms with Crippen LogP contribution in [0.25, 0.3) is 0 Å². The SMILES string of the molecule is CC(C)=CC(=O)NC(C)(C)CCc1ccccc1. The number of carbonyl (C=O) groups excluding carboxylic acids is 1. The quantitative estimate of drug-likeness (QED) is 0.791. The summed E-state index contributed by atoms with van der Waals surface area (Å²) >= 11 is 0. The van der Waals surface area contributed by atoms with Gasteiger partial charge in [-0.15, -0.1) is 0 Å². The van der Waals surface area contributed by atoms with Gasteiger partial charge in [-0.1, -0.05) is 35.9 Å². The molecule has 0 saturated heterocycles. The molecule has 0 radical (unpaired) electrons. The Kier molecular flexibility index (Phi) is 5.14. The van der Waals surface area contributed by atoms with Crippen molar-refractivity contribution in [2.45, 2.75) is 46.1 Å². The van der Waals surface area contributed by atoms with E-state index in [4.69, 9.17) is 0 Å². The van der Waals surface area contributed by atoms with Gasteiger partial charge >= 0.3 is 0 Å². The van der Waals surface area contributed by atoms with Crippen molar-refractivity contribution in [3.63, 3.8) is 0 Å². The highest BCUT2D eigenvalue weighted by molar-refractivity contribution is 5.88. The molecule has 1 rings (SSSR count). The van der Waals surface area contributed by atoms with E-state index in [2.05, 4.69) is 31.3 Å². The van der Waals surface area contributed by atoms with E-state index in [9.17, 15) is 4.79 Å². The van der Waals surface area contributed by atoms with E-state index < -0.39 is 0 Å². The van der Waals surface area contributed by atoms with Crippen molar-refractivity contribution in [3.05, 3.63) is 47.5 Å². The molecule has 0 saturated carbocycles. The third-order valence-corrected chi connectivity index (χ3v) is 2.76. The average molecular weight is 245 g/mol. The molecule has 0 aliphatic heterocycles. The number of allylic oxidation sites excluding steroid dienone is 1. The number of rotatable bonds is 5. The maximum atomic E-state index is 11.7. The molecule has 1 N–H and O–H groups in total. The first-order valence-corrected chi connectivity index (χ1v) is 6.40. The van der Waals surface area contributed by atoms with Crippen LogP contribution in [0.5, 0.6) is 0 Å². The van der Waals surface area contributed by atoms with Crippen molar-refractivity contribution in [2.24, 2.45) is 0 Å². The van der Waals surface area contributed by atoms with Gasteiger partial charge in [-0.3, -0.25) is 4.79 Å². The molecule has 0 unspecified atom stereocenters. The number of benzene rings is 1. The summed E-state index contributed by atoms with van der Waals surface area (Å²) in [6, 6.07) is 10.3. The van der Waals surface area contributed by atoms with Gasteiger partial charge in [0.25, 0.3) is 0 Å². The largest absolute Gasteiger partial charge is 0.348 e. The molecule has 0 bridgehead atoms. The molecule has 0 atom stereocenters. The third kappa shape index (κ3) is 5.67. The Morgan fingerprint density at radius 1 is 1.22 bits per heavy atom. The number of amides is 1. The molecule has 1 amide bonds. The molecule has 0 aliphatic rings. The minimum atomic E-state index is -0.182. The van der Waals surface area contributed by atoms with Gasteiger partial charge in [0.1, 0.15) is 0 Å². The summed E-state index contributed by atoms with van der Waals surface area (Å²) in [5.41, 5.74) is 2.15. The van der Waals surface area contributed by atoms with Crippen molar-refractivity contribution in [3.8, 4) is 0 Å².